The highest BCUT2D eigenvalue weighted by Gasteiger charge is 2.20. The van der Waals surface area contributed by atoms with Gasteiger partial charge in [0.15, 0.2) is 0 Å². The predicted octanol–water partition coefficient (Wildman–Crippen LogP) is 1.15. The number of carbonyl (C=O) groups excluding carboxylic acids is 2. The van der Waals surface area contributed by atoms with Crippen LogP contribution in [-0.2, 0) is 4.79 Å². The molecule has 0 heterocycles. The Morgan fingerprint density at radius 3 is 2.47 bits per heavy atom. The van der Waals surface area contributed by atoms with Gasteiger partial charge in [-0.1, -0.05) is 26.0 Å². The Morgan fingerprint density at radius 2 is 2.00 bits per heavy atom. The minimum Gasteiger partial charge on any atom is -0.354 e. The van der Waals surface area contributed by atoms with E-state index >= 15 is 0 Å². The zero-order chi connectivity index (χ0) is 13.3. The summed E-state index contributed by atoms with van der Waals surface area (Å²) in [6.45, 7) is 6.47. The van der Waals surface area contributed by atoms with Crippen molar-refractivity contribution in [1.82, 2.24) is 10.6 Å². The smallest absolute Gasteiger partial charge is 0.312 e. The molecule has 0 radical (unpaired) electrons. The van der Waals surface area contributed by atoms with Crippen molar-refractivity contribution in [1.29, 1.82) is 0 Å². The maximum absolute atomic E-state index is 11.8. The van der Waals surface area contributed by atoms with Crippen LogP contribution in [0.2, 0.25) is 0 Å². The number of nitrogens with one attached hydrogen (secondary N) is 2. The first-order valence-electron chi connectivity index (χ1n) is 5.92. The fraction of sp³-hybridized carbons (Fsp3) is 0.667. The average molecular weight is 241 g/mol. The molecule has 0 spiro atoms. The molecule has 0 rings (SSSR count). The summed E-state index contributed by atoms with van der Waals surface area (Å²) in [5, 5.41) is 5.23. The van der Waals surface area contributed by atoms with Crippen LogP contribution in [-0.4, -0.2) is 24.5 Å². The van der Waals surface area contributed by atoms with E-state index in [1.54, 1.807) is 0 Å². The van der Waals surface area contributed by atoms with Crippen molar-refractivity contribution in [2.45, 2.75) is 39.7 Å². The van der Waals surface area contributed by atoms with E-state index in [4.69, 9.17) is 5.73 Å². The number of nitrogens with two attached hydrogens (primary N) is 1. The topological polar surface area (TPSA) is 84.2 Å². The van der Waals surface area contributed by atoms with Crippen molar-refractivity contribution in [3.8, 4) is 0 Å². The molecule has 0 aliphatic rings. The number of hydrogen-bond acceptors (Lipinski definition) is 2. The number of allylic oxidation sites excluding steroid dienone is 1. The van der Waals surface area contributed by atoms with Gasteiger partial charge >= 0.3 is 6.03 Å². The fourth-order valence-corrected chi connectivity index (χ4v) is 1.44. The lowest BCUT2D eigenvalue weighted by atomic mass is 10.0. The molecule has 0 bridgehead atoms. The monoisotopic (exact) mass is 241 g/mol. The molecule has 98 valence electrons. The van der Waals surface area contributed by atoms with Crippen molar-refractivity contribution < 1.29 is 9.59 Å². The second kappa shape index (κ2) is 8.61. The standard InChI is InChI=1S/C12H23N3O2/c1-4-5-6-7-14-11(16)10(8-9(2)3)15-12(13)17/h4-5,9-10H,6-8H2,1-3H3,(H,14,16)(H3,13,15,17)/b5-4+. The lowest BCUT2D eigenvalue weighted by Gasteiger charge is -2.18. The Labute approximate surface area is 103 Å². The number of carbonyl (C=O) groups is 2. The normalized spacial score (nSPS) is 12.7. The van der Waals surface area contributed by atoms with Gasteiger partial charge in [-0.15, -0.1) is 0 Å². The maximum Gasteiger partial charge on any atom is 0.312 e. The van der Waals surface area contributed by atoms with E-state index in [1.807, 2.05) is 32.9 Å². The molecule has 0 aliphatic carbocycles. The van der Waals surface area contributed by atoms with Gasteiger partial charge in [0.1, 0.15) is 6.04 Å². The number of primary amides is 1. The Kier molecular flexibility index (Phi) is 7.84. The molecule has 0 saturated heterocycles. The van der Waals surface area contributed by atoms with Crippen molar-refractivity contribution in [3.63, 3.8) is 0 Å². The molecular weight excluding hydrogens is 218 g/mol. The first-order chi connectivity index (χ1) is 7.97. The highest BCUT2D eigenvalue weighted by atomic mass is 16.2. The van der Waals surface area contributed by atoms with E-state index in [1.165, 1.54) is 0 Å². The van der Waals surface area contributed by atoms with Gasteiger partial charge in [-0.25, -0.2) is 4.79 Å². The second-order valence-electron chi connectivity index (χ2n) is 4.34. The number of urea groups is 1. The Morgan fingerprint density at radius 1 is 1.35 bits per heavy atom. The van der Waals surface area contributed by atoms with E-state index < -0.39 is 12.1 Å². The SMILES string of the molecule is C/C=C/CCNC(=O)C(CC(C)C)NC(N)=O. The second-order valence-corrected chi connectivity index (χ2v) is 4.34. The third-order valence-corrected chi connectivity index (χ3v) is 2.19. The summed E-state index contributed by atoms with van der Waals surface area (Å²) in [4.78, 5) is 22.6. The van der Waals surface area contributed by atoms with Crippen LogP contribution in [0.1, 0.15) is 33.6 Å². The van der Waals surface area contributed by atoms with Gasteiger partial charge in [-0.3, -0.25) is 4.79 Å². The first-order valence-corrected chi connectivity index (χ1v) is 5.92. The molecule has 0 aliphatic heterocycles. The largest absolute Gasteiger partial charge is 0.354 e. The lowest BCUT2D eigenvalue weighted by molar-refractivity contribution is -0.123. The first kappa shape index (κ1) is 15.5. The minimum absolute atomic E-state index is 0.179. The molecule has 0 aromatic heterocycles. The number of amides is 3. The third-order valence-electron chi connectivity index (χ3n) is 2.19. The summed E-state index contributed by atoms with van der Waals surface area (Å²) in [7, 11) is 0. The molecule has 0 aromatic carbocycles. The molecule has 17 heavy (non-hydrogen) atoms. The van der Waals surface area contributed by atoms with E-state index in [9.17, 15) is 9.59 Å². The zero-order valence-corrected chi connectivity index (χ0v) is 10.8. The molecule has 0 saturated carbocycles. The van der Waals surface area contributed by atoms with Gasteiger partial charge < -0.3 is 16.4 Å². The van der Waals surface area contributed by atoms with Crippen LogP contribution >= 0.6 is 0 Å². The summed E-state index contributed by atoms with van der Waals surface area (Å²) >= 11 is 0. The summed E-state index contributed by atoms with van der Waals surface area (Å²) in [5.41, 5.74) is 5.04. The van der Waals surface area contributed by atoms with Crippen LogP contribution in [0.25, 0.3) is 0 Å². The Bertz CT molecular complexity index is 275. The van der Waals surface area contributed by atoms with E-state index in [2.05, 4.69) is 10.6 Å². The summed E-state index contributed by atoms with van der Waals surface area (Å²) in [6, 6.07) is -1.21. The third kappa shape index (κ3) is 8.30. The Hall–Kier alpha value is -1.52. The van der Waals surface area contributed by atoms with Crippen LogP contribution in [0.3, 0.4) is 0 Å². The highest BCUT2D eigenvalue weighted by molar-refractivity contribution is 5.86. The van der Waals surface area contributed by atoms with E-state index in [0.717, 1.165) is 6.42 Å². The van der Waals surface area contributed by atoms with Gasteiger partial charge in [-0.2, -0.15) is 0 Å². The molecule has 4 N–H and O–H groups in total. The van der Waals surface area contributed by atoms with Gasteiger partial charge in [0.2, 0.25) is 5.91 Å². The van der Waals surface area contributed by atoms with Crippen LogP contribution in [0, 0.1) is 5.92 Å². The van der Waals surface area contributed by atoms with Gasteiger partial charge in [0, 0.05) is 6.54 Å². The van der Waals surface area contributed by atoms with Gasteiger partial charge in [0.05, 0.1) is 0 Å². The van der Waals surface area contributed by atoms with Crippen molar-refractivity contribution in [2.24, 2.45) is 11.7 Å². The van der Waals surface area contributed by atoms with Crippen LogP contribution < -0.4 is 16.4 Å². The van der Waals surface area contributed by atoms with Crippen molar-refractivity contribution in [2.75, 3.05) is 6.54 Å². The number of rotatable bonds is 7. The van der Waals surface area contributed by atoms with Crippen LogP contribution in [0.15, 0.2) is 12.2 Å². The average Bonchev–Trinajstić information content (AvgIpc) is 2.22. The Balaban J connectivity index is 4.16. The summed E-state index contributed by atoms with van der Waals surface area (Å²) in [6.07, 6.45) is 5.27. The lowest BCUT2D eigenvalue weighted by Crippen LogP contribution is -2.49. The fourth-order valence-electron chi connectivity index (χ4n) is 1.44. The van der Waals surface area contributed by atoms with E-state index in [0.29, 0.717) is 18.9 Å². The van der Waals surface area contributed by atoms with Crippen LogP contribution in [0.5, 0.6) is 0 Å². The maximum atomic E-state index is 11.8. The highest BCUT2D eigenvalue weighted by Crippen LogP contribution is 2.04. The van der Waals surface area contributed by atoms with E-state index in [-0.39, 0.29) is 5.91 Å². The molecular formula is C12H23N3O2. The molecule has 0 fully saturated rings. The predicted molar refractivity (Wildman–Crippen MR) is 68.4 cm³/mol. The summed E-state index contributed by atoms with van der Waals surface area (Å²) < 4.78 is 0. The molecule has 5 heteroatoms. The van der Waals surface area contributed by atoms with Crippen molar-refractivity contribution >= 4 is 11.9 Å². The van der Waals surface area contributed by atoms with Gasteiger partial charge in [0.25, 0.3) is 0 Å². The minimum atomic E-state index is -0.667. The molecule has 1 atom stereocenters. The number of hydrogen-bond donors (Lipinski definition) is 3. The quantitative estimate of drug-likeness (QED) is 0.461. The molecule has 1 unspecified atom stereocenters. The van der Waals surface area contributed by atoms with Crippen molar-refractivity contribution in [3.05, 3.63) is 12.2 Å². The zero-order valence-electron chi connectivity index (χ0n) is 10.8. The van der Waals surface area contributed by atoms with Crippen LogP contribution in [0.4, 0.5) is 4.79 Å². The summed E-state index contributed by atoms with van der Waals surface area (Å²) in [5.74, 6) is 0.134. The van der Waals surface area contributed by atoms with Gasteiger partial charge in [-0.05, 0) is 25.7 Å². The molecule has 3 amide bonds. The molecule has 0 aromatic rings. The molecule has 5 nitrogen and oxygen atoms in total.